The van der Waals surface area contributed by atoms with Crippen LogP contribution in [0.25, 0.3) is 0 Å². The van der Waals surface area contributed by atoms with Crippen molar-refractivity contribution in [3.8, 4) is 0 Å². The summed E-state index contributed by atoms with van der Waals surface area (Å²) in [6, 6.07) is 15.9. The van der Waals surface area contributed by atoms with E-state index in [9.17, 15) is 4.79 Å². The lowest BCUT2D eigenvalue weighted by Crippen LogP contribution is -2.45. The van der Waals surface area contributed by atoms with E-state index >= 15 is 0 Å². The Bertz CT molecular complexity index is 863. The summed E-state index contributed by atoms with van der Waals surface area (Å²) in [5, 5.41) is 4.46. The Morgan fingerprint density at radius 1 is 1.03 bits per heavy atom. The lowest BCUT2D eigenvalue weighted by Gasteiger charge is -2.36. The molecular formula is C24H28ClNO3S. The number of carbonyl (C=O) groups excluding carboxylic acids is 1. The summed E-state index contributed by atoms with van der Waals surface area (Å²) < 4.78 is 11.0. The maximum atomic E-state index is 13.5. The van der Waals surface area contributed by atoms with Crippen molar-refractivity contribution in [1.29, 1.82) is 0 Å². The molecule has 0 spiro atoms. The maximum Gasteiger partial charge on any atom is 0.235 e. The highest BCUT2D eigenvalue weighted by Gasteiger charge is 2.43. The number of halogens is 1. The Kier molecular flexibility index (Phi) is 7.37. The first kappa shape index (κ1) is 21.7. The van der Waals surface area contributed by atoms with Crippen LogP contribution in [0.2, 0.25) is 5.02 Å². The van der Waals surface area contributed by atoms with Crippen molar-refractivity contribution in [2.24, 2.45) is 0 Å². The molecule has 0 aliphatic carbocycles. The van der Waals surface area contributed by atoms with Crippen LogP contribution >= 0.6 is 23.4 Å². The first-order chi connectivity index (χ1) is 14.7. The molecule has 2 aliphatic heterocycles. The number of ether oxygens (including phenoxy) is 2. The number of nitrogens with one attached hydrogen (secondary N) is 1. The van der Waals surface area contributed by atoms with Gasteiger partial charge >= 0.3 is 0 Å². The molecule has 2 aromatic rings. The van der Waals surface area contributed by atoms with Crippen LogP contribution in [0.4, 0.5) is 5.69 Å². The van der Waals surface area contributed by atoms with E-state index < -0.39 is 5.41 Å². The van der Waals surface area contributed by atoms with E-state index in [4.69, 9.17) is 21.1 Å². The van der Waals surface area contributed by atoms with E-state index in [-0.39, 0.29) is 5.91 Å². The summed E-state index contributed by atoms with van der Waals surface area (Å²) >= 11 is 8.48. The van der Waals surface area contributed by atoms with Gasteiger partial charge in [0.15, 0.2) is 0 Å². The predicted octanol–water partition coefficient (Wildman–Crippen LogP) is 5.44. The Labute approximate surface area is 187 Å². The van der Waals surface area contributed by atoms with Crippen LogP contribution in [0.1, 0.15) is 36.8 Å². The lowest BCUT2D eigenvalue weighted by molar-refractivity contribution is -0.125. The number of benzene rings is 2. The predicted molar refractivity (Wildman–Crippen MR) is 123 cm³/mol. The number of anilines is 1. The van der Waals surface area contributed by atoms with Gasteiger partial charge in [0.1, 0.15) is 0 Å². The summed E-state index contributed by atoms with van der Waals surface area (Å²) in [6.07, 6.45) is 3.48. The van der Waals surface area contributed by atoms with Gasteiger partial charge in [-0.05, 0) is 55.0 Å². The van der Waals surface area contributed by atoms with Gasteiger partial charge in [-0.2, -0.15) is 11.8 Å². The van der Waals surface area contributed by atoms with E-state index in [1.807, 2.05) is 48.2 Å². The molecule has 4 rings (SSSR count). The number of amides is 1. The highest BCUT2D eigenvalue weighted by molar-refractivity contribution is 7.99. The van der Waals surface area contributed by atoms with Gasteiger partial charge in [0.25, 0.3) is 0 Å². The third-order valence-electron chi connectivity index (χ3n) is 6.01. The highest BCUT2D eigenvalue weighted by Crippen LogP contribution is 2.39. The van der Waals surface area contributed by atoms with Gasteiger partial charge in [0.2, 0.25) is 5.91 Å². The van der Waals surface area contributed by atoms with Gasteiger partial charge in [-0.25, -0.2) is 0 Å². The van der Waals surface area contributed by atoms with Crippen molar-refractivity contribution in [3.63, 3.8) is 0 Å². The van der Waals surface area contributed by atoms with Crippen LogP contribution in [0, 0.1) is 0 Å². The molecule has 0 saturated carbocycles. The Hall–Kier alpha value is -1.53. The molecule has 6 heteroatoms. The van der Waals surface area contributed by atoms with Gasteiger partial charge in [0.05, 0.1) is 5.41 Å². The Morgan fingerprint density at radius 2 is 1.77 bits per heavy atom. The molecule has 30 heavy (non-hydrogen) atoms. The van der Waals surface area contributed by atoms with Crippen LogP contribution in [-0.4, -0.2) is 37.6 Å². The molecule has 2 fully saturated rings. The summed E-state index contributed by atoms with van der Waals surface area (Å²) in [5.74, 6) is 0.936. The normalized spacial score (nSPS) is 19.4. The summed E-state index contributed by atoms with van der Waals surface area (Å²) in [4.78, 5) is 13.5. The van der Waals surface area contributed by atoms with E-state index in [1.165, 1.54) is 5.56 Å². The number of hydrogen-bond donors (Lipinski definition) is 1. The van der Waals surface area contributed by atoms with E-state index in [1.54, 1.807) is 0 Å². The first-order valence-electron chi connectivity index (χ1n) is 10.6. The quantitative estimate of drug-likeness (QED) is 0.643. The van der Waals surface area contributed by atoms with Crippen molar-refractivity contribution in [3.05, 3.63) is 64.7 Å². The standard InChI is InChI=1S/C24H28ClNO3S/c25-22-7-2-1-6-21(22)24(10-14-29-15-11-24)23(27)26-19-5-3-4-18(16-19)17-30-20-8-12-28-13-9-20/h1-7,16,20H,8-15,17H2,(H,26,27). The fourth-order valence-electron chi connectivity index (χ4n) is 4.23. The van der Waals surface area contributed by atoms with Gasteiger partial charge in [0, 0.05) is 48.1 Å². The zero-order chi connectivity index (χ0) is 20.8. The third-order valence-corrected chi connectivity index (χ3v) is 7.78. The molecule has 4 nitrogen and oxygen atoms in total. The number of hydrogen-bond acceptors (Lipinski definition) is 4. The molecule has 1 N–H and O–H groups in total. The molecule has 1 amide bonds. The zero-order valence-corrected chi connectivity index (χ0v) is 18.6. The molecule has 0 atom stereocenters. The first-order valence-corrected chi connectivity index (χ1v) is 12.0. The minimum absolute atomic E-state index is 0.00636. The second-order valence-electron chi connectivity index (χ2n) is 7.95. The smallest absolute Gasteiger partial charge is 0.235 e. The fourth-order valence-corrected chi connectivity index (χ4v) is 5.68. The topological polar surface area (TPSA) is 47.6 Å². The van der Waals surface area contributed by atoms with Crippen molar-refractivity contribution < 1.29 is 14.3 Å². The minimum Gasteiger partial charge on any atom is -0.381 e. The molecular weight excluding hydrogens is 418 g/mol. The number of rotatable bonds is 6. The molecule has 0 aromatic heterocycles. The second kappa shape index (κ2) is 10.2. The Balaban J connectivity index is 1.48. The molecule has 160 valence electrons. The maximum absolute atomic E-state index is 13.5. The average molecular weight is 446 g/mol. The monoisotopic (exact) mass is 445 g/mol. The Morgan fingerprint density at radius 3 is 2.53 bits per heavy atom. The van der Waals surface area contributed by atoms with Gasteiger partial charge in [-0.3, -0.25) is 4.79 Å². The van der Waals surface area contributed by atoms with E-state index in [0.29, 0.717) is 36.3 Å². The van der Waals surface area contributed by atoms with Gasteiger partial charge < -0.3 is 14.8 Å². The third kappa shape index (κ3) is 5.02. The van der Waals surface area contributed by atoms with Crippen LogP contribution in [0.5, 0.6) is 0 Å². The largest absolute Gasteiger partial charge is 0.381 e. The van der Waals surface area contributed by atoms with Crippen molar-refractivity contribution in [1.82, 2.24) is 0 Å². The second-order valence-corrected chi connectivity index (χ2v) is 9.65. The fraction of sp³-hybridized carbons (Fsp3) is 0.458. The van der Waals surface area contributed by atoms with Crippen molar-refractivity contribution >= 4 is 35.0 Å². The average Bonchev–Trinajstić information content (AvgIpc) is 2.79. The van der Waals surface area contributed by atoms with Crippen molar-refractivity contribution in [2.75, 3.05) is 31.7 Å². The van der Waals surface area contributed by atoms with Crippen LogP contribution in [-0.2, 0) is 25.4 Å². The van der Waals surface area contributed by atoms with Gasteiger partial charge in [-0.15, -0.1) is 0 Å². The van der Waals surface area contributed by atoms with Gasteiger partial charge in [-0.1, -0.05) is 41.9 Å². The number of thioether (sulfide) groups is 1. The van der Waals surface area contributed by atoms with Crippen LogP contribution < -0.4 is 5.32 Å². The lowest BCUT2D eigenvalue weighted by atomic mass is 9.73. The minimum atomic E-state index is -0.663. The molecule has 0 radical (unpaired) electrons. The zero-order valence-electron chi connectivity index (χ0n) is 17.1. The van der Waals surface area contributed by atoms with E-state index in [2.05, 4.69) is 17.4 Å². The van der Waals surface area contributed by atoms with Crippen molar-refractivity contribution in [2.45, 2.75) is 42.1 Å². The molecule has 2 aromatic carbocycles. The van der Waals surface area contributed by atoms with Crippen LogP contribution in [0.15, 0.2) is 48.5 Å². The SMILES string of the molecule is O=C(Nc1cccc(CSC2CCOCC2)c1)C1(c2ccccc2Cl)CCOCC1. The summed E-state index contributed by atoms with van der Waals surface area (Å²) in [7, 11) is 0. The summed E-state index contributed by atoms with van der Waals surface area (Å²) in [5.41, 5.74) is 2.29. The molecule has 2 heterocycles. The molecule has 0 bridgehead atoms. The molecule has 2 saturated heterocycles. The highest BCUT2D eigenvalue weighted by atomic mass is 35.5. The van der Waals surface area contributed by atoms with E-state index in [0.717, 1.165) is 43.1 Å². The number of carbonyl (C=O) groups is 1. The summed E-state index contributed by atoms with van der Waals surface area (Å²) in [6.45, 7) is 2.84. The molecule has 2 aliphatic rings. The molecule has 0 unspecified atom stereocenters. The van der Waals surface area contributed by atoms with Crippen LogP contribution in [0.3, 0.4) is 0 Å².